The predicted molar refractivity (Wildman–Crippen MR) is 81.8 cm³/mol. The van der Waals surface area contributed by atoms with E-state index in [1.54, 1.807) is 24.3 Å². The molecule has 0 radical (unpaired) electrons. The molecular weight excluding hydrogens is 304 g/mol. The number of hydrogen-bond donors (Lipinski definition) is 0. The molecule has 0 spiro atoms. The first-order valence-electron chi connectivity index (χ1n) is 7.46. The summed E-state index contributed by atoms with van der Waals surface area (Å²) in [6, 6.07) is 6.60. The minimum atomic E-state index is -3.70. The first kappa shape index (κ1) is 17.0. The van der Waals surface area contributed by atoms with Crippen molar-refractivity contribution in [3.05, 3.63) is 29.8 Å². The van der Waals surface area contributed by atoms with Crippen LogP contribution in [-0.4, -0.2) is 28.1 Å². The van der Waals surface area contributed by atoms with Gasteiger partial charge in [0, 0.05) is 0 Å². The number of esters is 1. The molecule has 0 heterocycles. The Morgan fingerprint density at radius 1 is 1.14 bits per heavy atom. The molecule has 2 rings (SSSR count). The van der Waals surface area contributed by atoms with Crippen molar-refractivity contribution in [2.75, 3.05) is 13.7 Å². The Labute approximate surface area is 131 Å². The van der Waals surface area contributed by atoms with Gasteiger partial charge in [-0.2, -0.15) is 8.42 Å². The van der Waals surface area contributed by atoms with E-state index in [-0.39, 0.29) is 29.3 Å². The van der Waals surface area contributed by atoms with Gasteiger partial charge in [-0.3, -0.25) is 8.98 Å². The van der Waals surface area contributed by atoms with E-state index in [0.29, 0.717) is 0 Å². The summed E-state index contributed by atoms with van der Waals surface area (Å²) in [6.07, 6.45) is 3.02. The van der Waals surface area contributed by atoms with E-state index in [2.05, 4.69) is 0 Å². The molecule has 1 aliphatic rings. The van der Waals surface area contributed by atoms with Crippen molar-refractivity contribution >= 4 is 16.1 Å². The first-order valence-corrected chi connectivity index (χ1v) is 8.87. The molecule has 0 unspecified atom stereocenters. The highest BCUT2D eigenvalue weighted by Crippen LogP contribution is 2.30. The van der Waals surface area contributed by atoms with Crippen LogP contribution in [0.25, 0.3) is 0 Å². The quantitative estimate of drug-likeness (QED) is 0.614. The third-order valence-electron chi connectivity index (χ3n) is 4.15. The molecule has 6 heteroatoms. The van der Waals surface area contributed by atoms with Gasteiger partial charge in [-0.1, -0.05) is 17.7 Å². The standard InChI is InChI=1S/C16H22O5S/c1-12-3-9-15(10-4-12)22(18,19)21-11-13-5-7-14(8-6-13)16(17)20-2/h3-4,9-10,13-14H,5-8,11H2,1-2H3/t13-,14+. The van der Waals surface area contributed by atoms with Crippen LogP contribution in [0.2, 0.25) is 0 Å². The Morgan fingerprint density at radius 2 is 1.73 bits per heavy atom. The zero-order valence-electron chi connectivity index (χ0n) is 12.9. The second-order valence-corrected chi connectivity index (χ2v) is 7.41. The molecule has 1 aliphatic carbocycles. The Kier molecular flexibility index (Phi) is 5.58. The lowest BCUT2D eigenvalue weighted by Crippen LogP contribution is -2.25. The van der Waals surface area contributed by atoms with E-state index in [1.165, 1.54) is 7.11 Å². The fraction of sp³-hybridized carbons (Fsp3) is 0.562. The summed E-state index contributed by atoms with van der Waals surface area (Å²) >= 11 is 0. The minimum Gasteiger partial charge on any atom is -0.469 e. The number of benzene rings is 1. The van der Waals surface area contributed by atoms with Gasteiger partial charge in [-0.05, 0) is 50.7 Å². The van der Waals surface area contributed by atoms with Crippen molar-refractivity contribution in [1.29, 1.82) is 0 Å². The molecule has 1 aromatic carbocycles. The van der Waals surface area contributed by atoms with E-state index >= 15 is 0 Å². The van der Waals surface area contributed by atoms with Gasteiger partial charge < -0.3 is 4.74 Å². The van der Waals surface area contributed by atoms with E-state index < -0.39 is 10.1 Å². The molecule has 22 heavy (non-hydrogen) atoms. The third kappa shape index (κ3) is 4.30. The third-order valence-corrected chi connectivity index (χ3v) is 5.45. The van der Waals surface area contributed by atoms with Crippen molar-refractivity contribution in [3.63, 3.8) is 0 Å². The summed E-state index contributed by atoms with van der Waals surface area (Å²) in [7, 11) is -2.31. The highest BCUT2D eigenvalue weighted by Gasteiger charge is 2.28. The Balaban J connectivity index is 1.86. The molecule has 1 saturated carbocycles. The Morgan fingerprint density at radius 3 is 2.27 bits per heavy atom. The molecule has 122 valence electrons. The lowest BCUT2D eigenvalue weighted by molar-refractivity contribution is -0.146. The second kappa shape index (κ2) is 7.24. The summed E-state index contributed by atoms with van der Waals surface area (Å²) in [5.74, 6) is -0.0669. The molecule has 0 amide bonds. The maximum Gasteiger partial charge on any atom is 0.308 e. The van der Waals surface area contributed by atoms with Crippen molar-refractivity contribution in [1.82, 2.24) is 0 Å². The number of carbonyl (C=O) groups is 1. The summed E-state index contributed by atoms with van der Waals surface area (Å²) in [6.45, 7) is 2.07. The highest BCUT2D eigenvalue weighted by atomic mass is 32.2. The van der Waals surface area contributed by atoms with Crippen LogP contribution in [0.5, 0.6) is 0 Å². The average Bonchev–Trinajstić information content (AvgIpc) is 2.53. The van der Waals surface area contributed by atoms with Crippen LogP contribution in [0.1, 0.15) is 31.2 Å². The molecule has 0 N–H and O–H groups in total. The van der Waals surface area contributed by atoms with Crippen LogP contribution < -0.4 is 0 Å². The Bertz CT molecular complexity index is 598. The van der Waals surface area contributed by atoms with Crippen LogP contribution in [0.15, 0.2) is 29.2 Å². The van der Waals surface area contributed by atoms with Crippen LogP contribution in [0, 0.1) is 18.8 Å². The van der Waals surface area contributed by atoms with E-state index in [4.69, 9.17) is 8.92 Å². The Hall–Kier alpha value is -1.40. The van der Waals surface area contributed by atoms with Crippen LogP contribution >= 0.6 is 0 Å². The van der Waals surface area contributed by atoms with Crippen molar-refractivity contribution in [2.45, 2.75) is 37.5 Å². The smallest absolute Gasteiger partial charge is 0.308 e. The average molecular weight is 326 g/mol. The van der Waals surface area contributed by atoms with Crippen molar-refractivity contribution in [2.24, 2.45) is 11.8 Å². The van der Waals surface area contributed by atoms with Crippen molar-refractivity contribution in [3.8, 4) is 0 Å². The highest BCUT2D eigenvalue weighted by molar-refractivity contribution is 7.86. The first-order chi connectivity index (χ1) is 10.4. The second-order valence-electron chi connectivity index (χ2n) is 5.79. The van der Waals surface area contributed by atoms with Crippen LogP contribution in [-0.2, 0) is 23.8 Å². The summed E-state index contributed by atoms with van der Waals surface area (Å²) in [5, 5.41) is 0. The van der Waals surface area contributed by atoms with E-state index in [0.717, 1.165) is 31.2 Å². The number of ether oxygens (including phenoxy) is 1. The van der Waals surface area contributed by atoms with Gasteiger partial charge in [-0.15, -0.1) is 0 Å². The molecule has 0 aromatic heterocycles. The van der Waals surface area contributed by atoms with Gasteiger partial charge in [0.15, 0.2) is 0 Å². The molecule has 1 fully saturated rings. The summed E-state index contributed by atoms with van der Waals surface area (Å²) in [5.41, 5.74) is 1.00. The number of methoxy groups -OCH3 is 1. The maximum absolute atomic E-state index is 12.1. The van der Waals surface area contributed by atoms with Gasteiger partial charge >= 0.3 is 5.97 Å². The zero-order valence-corrected chi connectivity index (χ0v) is 13.8. The van der Waals surface area contributed by atoms with Gasteiger partial charge in [0.2, 0.25) is 0 Å². The maximum atomic E-state index is 12.1. The van der Waals surface area contributed by atoms with Gasteiger partial charge in [0.1, 0.15) is 0 Å². The van der Waals surface area contributed by atoms with Crippen LogP contribution in [0.3, 0.4) is 0 Å². The molecule has 1 aromatic rings. The van der Waals surface area contributed by atoms with E-state index in [1.807, 2.05) is 6.92 Å². The number of hydrogen-bond acceptors (Lipinski definition) is 5. The molecule has 0 aliphatic heterocycles. The fourth-order valence-electron chi connectivity index (χ4n) is 2.69. The van der Waals surface area contributed by atoms with Gasteiger partial charge in [-0.25, -0.2) is 0 Å². The topological polar surface area (TPSA) is 69.7 Å². The zero-order chi connectivity index (χ0) is 16.2. The van der Waals surface area contributed by atoms with Crippen LogP contribution in [0.4, 0.5) is 0 Å². The predicted octanol–water partition coefficient (Wildman–Crippen LogP) is 2.68. The number of aryl methyl sites for hydroxylation is 1. The lowest BCUT2D eigenvalue weighted by atomic mass is 9.82. The molecular formula is C16H22O5S. The SMILES string of the molecule is COC(=O)[C@H]1CC[C@@H](COS(=O)(=O)c2ccc(C)cc2)CC1. The number of carbonyl (C=O) groups excluding carboxylic acids is 1. The number of rotatable bonds is 5. The lowest BCUT2D eigenvalue weighted by Gasteiger charge is -2.26. The monoisotopic (exact) mass is 326 g/mol. The fourth-order valence-corrected chi connectivity index (χ4v) is 3.67. The summed E-state index contributed by atoms with van der Waals surface area (Å²) in [4.78, 5) is 11.6. The molecule has 0 atom stereocenters. The summed E-state index contributed by atoms with van der Waals surface area (Å²) < 4.78 is 34.1. The minimum absolute atomic E-state index is 0.0602. The van der Waals surface area contributed by atoms with E-state index in [9.17, 15) is 13.2 Å². The van der Waals surface area contributed by atoms with Gasteiger partial charge in [0.25, 0.3) is 10.1 Å². The normalized spacial score (nSPS) is 22.3. The molecule has 5 nitrogen and oxygen atoms in total. The van der Waals surface area contributed by atoms with Crippen molar-refractivity contribution < 1.29 is 22.1 Å². The molecule has 0 bridgehead atoms. The molecule has 0 saturated heterocycles. The van der Waals surface area contributed by atoms with Gasteiger partial charge in [0.05, 0.1) is 24.5 Å². The largest absolute Gasteiger partial charge is 0.469 e.